The molecule has 0 atom stereocenters. The molecular formula is C25H26F6N6O3S. The lowest BCUT2D eigenvalue weighted by molar-refractivity contribution is -0.154. The van der Waals surface area contributed by atoms with Crippen molar-refractivity contribution in [2.45, 2.75) is 50.0 Å². The van der Waals surface area contributed by atoms with Crippen LogP contribution >= 0.6 is 0 Å². The molecule has 0 aliphatic carbocycles. The third kappa shape index (κ3) is 7.97. The Bertz CT molecular complexity index is 1490. The van der Waals surface area contributed by atoms with Crippen LogP contribution < -0.4 is 15.4 Å². The second-order valence-electron chi connectivity index (χ2n) is 9.44. The van der Waals surface area contributed by atoms with Crippen molar-refractivity contribution in [2.24, 2.45) is 0 Å². The average Bonchev–Trinajstić information content (AvgIpc) is 2.88. The summed E-state index contributed by atoms with van der Waals surface area (Å²) in [5.74, 6) is -0.545. The van der Waals surface area contributed by atoms with Crippen LogP contribution in [0.25, 0.3) is 0 Å². The summed E-state index contributed by atoms with van der Waals surface area (Å²) in [6, 6.07) is 7.93. The summed E-state index contributed by atoms with van der Waals surface area (Å²) in [4.78, 5) is 11.9. The van der Waals surface area contributed by atoms with Gasteiger partial charge in [0.2, 0.25) is 21.9 Å². The number of nitrogens with zero attached hydrogens (tertiary/aromatic N) is 4. The van der Waals surface area contributed by atoms with Crippen LogP contribution in [0.1, 0.15) is 29.5 Å². The summed E-state index contributed by atoms with van der Waals surface area (Å²) in [6.07, 6.45) is -8.66. The van der Waals surface area contributed by atoms with Crippen LogP contribution in [-0.4, -0.2) is 59.6 Å². The van der Waals surface area contributed by atoms with Gasteiger partial charge in [-0.2, -0.15) is 45.6 Å². The van der Waals surface area contributed by atoms with Crippen LogP contribution in [0, 0.1) is 13.8 Å². The maximum atomic E-state index is 13.1. The van der Waals surface area contributed by atoms with E-state index in [-0.39, 0.29) is 41.6 Å². The Kier molecular flexibility index (Phi) is 8.63. The number of alkyl halides is 6. The maximum Gasteiger partial charge on any atom is 0.422 e. The van der Waals surface area contributed by atoms with Crippen molar-refractivity contribution in [3.8, 4) is 6.01 Å². The highest BCUT2D eigenvalue weighted by Gasteiger charge is 2.32. The highest BCUT2D eigenvalue weighted by Crippen LogP contribution is 2.31. The monoisotopic (exact) mass is 604 g/mol. The lowest BCUT2D eigenvalue weighted by Gasteiger charge is -2.31. The van der Waals surface area contributed by atoms with Crippen molar-refractivity contribution in [1.29, 1.82) is 0 Å². The molecule has 0 unspecified atom stereocenters. The van der Waals surface area contributed by atoms with Crippen LogP contribution in [0.5, 0.6) is 6.01 Å². The quantitative estimate of drug-likeness (QED) is 0.327. The molecule has 0 saturated carbocycles. The van der Waals surface area contributed by atoms with Gasteiger partial charge in [-0.25, -0.2) is 8.42 Å². The Labute approximate surface area is 232 Å². The van der Waals surface area contributed by atoms with Crippen molar-refractivity contribution >= 4 is 27.6 Å². The number of rotatable bonds is 8. The number of hydrogen-bond donors (Lipinski definition) is 2. The van der Waals surface area contributed by atoms with Crippen LogP contribution in [0.15, 0.2) is 47.4 Å². The summed E-state index contributed by atoms with van der Waals surface area (Å²) >= 11 is 0. The van der Waals surface area contributed by atoms with E-state index in [1.165, 1.54) is 10.4 Å². The molecular weight excluding hydrogens is 578 g/mol. The van der Waals surface area contributed by atoms with Gasteiger partial charge in [0.05, 0.1) is 10.5 Å². The molecule has 1 saturated heterocycles. The SMILES string of the molecule is Cc1ccc(S(=O)(=O)N2CCC(Nc3nc(Nc4cccc(C(F)(F)F)c4)nc(OCC(F)(F)F)n3)CC2)cc1C. The summed E-state index contributed by atoms with van der Waals surface area (Å²) in [5, 5.41) is 5.48. The number of hydrogen-bond acceptors (Lipinski definition) is 8. The molecule has 1 aliphatic heterocycles. The second-order valence-corrected chi connectivity index (χ2v) is 11.4. The zero-order valence-corrected chi connectivity index (χ0v) is 22.7. The fourth-order valence-electron chi connectivity index (χ4n) is 4.04. The highest BCUT2D eigenvalue weighted by atomic mass is 32.2. The first-order valence-electron chi connectivity index (χ1n) is 12.3. The molecule has 222 valence electrons. The third-order valence-corrected chi connectivity index (χ3v) is 8.22. The number of piperidine rings is 1. The second kappa shape index (κ2) is 11.7. The normalized spacial score (nSPS) is 15.5. The molecule has 1 fully saturated rings. The molecule has 4 rings (SSSR count). The number of benzene rings is 2. The fourth-order valence-corrected chi connectivity index (χ4v) is 5.59. The van der Waals surface area contributed by atoms with Gasteiger partial charge < -0.3 is 15.4 Å². The van der Waals surface area contributed by atoms with E-state index in [1.807, 2.05) is 13.8 Å². The van der Waals surface area contributed by atoms with Gasteiger partial charge in [0.25, 0.3) is 0 Å². The number of aromatic nitrogens is 3. The molecule has 3 aromatic rings. The van der Waals surface area contributed by atoms with E-state index in [1.54, 1.807) is 18.2 Å². The smallest absolute Gasteiger partial charge is 0.422 e. The number of nitrogens with one attached hydrogen (secondary N) is 2. The number of anilines is 3. The minimum atomic E-state index is -4.69. The van der Waals surface area contributed by atoms with Crippen LogP contribution in [0.2, 0.25) is 0 Å². The van der Waals surface area contributed by atoms with Crippen LogP contribution in [0.4, 0.5) is 43.9 Å². The number of halogens is 6. The van der Waals surface area contributed by atoms with Crippen molar-refractivity contribution in [1.82, 2.24) is 19.3 Å². The van der Waals surface area contributed by atoms with E-state index in [2.05, 4.69) is 30.3 Å². The predicted octanol–water partition coefficient (Wildman–Crippen LogP) is 5.46. The fraction of sp³-hybridized carbons (Fsp3) is 0.400. The van der Waals surface area contributed by atoms with Crippen LogP contribution in [0.3, 0.4) is 0 Å². The zero-order chi connectivity index (χ0) is 30.0. The Morgan fingerprint density at radius 1 is 0.927 bits per heavy atom. The van der Waals surface area contributed by atoms with E-state index in [0.29, 0.717) is 12.8 Å². The Hall–Kier alpha value is -3.66. The van der Waals surface area contributed by atoms with Crippen molar-refractivity contribution in [2.75, 3.05) is 30.3 Å². The third-order valence-electron chi connectivity index (χ3n) is 6.33. The lowest BCUT2D eigenvalue weighted by Crippen LogP contribution is -2.42. The highest BCUT2D eigenvalue weighted by molar-refractivity contribution is 7.89. The Morgan fingerprint density at radius 3 is 2.24 bits per heavy atom. The minimum Gasteiger partial charge on any atom is -0.454 e. The van der Waals surface area contributed by atoms with Gasteiger partial charge in [-0.3, -0.25) is 0 Å². The average molecular weight is 605 g/mol. The summed E-state index contributed by atoms with van der Waals surface area (Å²) in [6.45, 7) is 2.32. The molecule has 1 aromatic heterocycles. The van der Waals surface area contributed by atoms with Gasteiger partial charge in [0, 0.05) is 24.8 Å². The van der Waals surface area contributed by atoms with E-state index in [9.17, 15) is 34.8 Å². The van der Waals surface area contributed by atoms with E-state index < -0.39 is 40.6 Å². The minimum absolute atomic E-state index is 0.0661. The first-order valence-corrected chi connectivity index (χ1v) is 13.8. The van der Waals surface area contributed by atoms with Gasteiger partial charge >= 0.3 is 18.4 Å². The molecule has 0 bridgehead atoms. The first kappa shape index (κ1) is 30.3. The van der Waals surface area contributed by atoms with E-state index in [0.717, 1.165) is 29.3 Å². The van der Waals surface area contributed by atoms with Gasteiger partial charge in [-0.15, -0.1) is 0 Å². The van der Waals surface area contributed by atoms with E-state index in [4.69, 9.17) is 0 Å². The zero-order valence-electron chi connectivity index (χ0n) is 21.8. The molecule has 1 aliphatic rings. The first-order chi connectivity index (χ1) is 19.1. The van der Waals surface area contributed by atoms with Gasteiger partial charge in [-0.05, 0) is 68.1 Å². The number of aryl methyl sites for hydroxylation is 2. The molecule has 16 heteroatoms. The van der Waals surface area contributed by atoms with E-state index >= 15 is 0 Å². The molecule has 0 radical (unpaired) electrons. The summed E-state index contributed by atoms with van der Waals surface area (Å²) < 4.78 is 110. The molecule has 2 aromatic carbocycles. The van der Waals surface area contributed by atoms with Crippen molar-refractivity contribution < 1.29 is 39.5 Å². The topological polar surface area (TPSA) is 109 Å². The van der Waals surface area contributed by atoms with Gasteiger partial charge in [-0.1, -0.05) is 12.1 Å². The Balaban J connectivity index is 1.49. The molecule has 9 nitrogen and oxygen atoms in total. The molecule has 0 amide bonds. The lowest BCUT2D eigenvalue weighted by atomic mass is 10.1. The molecule has 2 heterocycles. The summed E-state index contributed by atoms with van der Waals surface area (Å²) in [7, 11) is -3.73. The van der Waals surface area contributed by atoms with Crippen molar-refractivity contribution in [3.05, 3.63) is 59.2 Å². The van der Waals surface area contributed by atoms with Crippen LogP contribution in [-0.2, 0) is 16.2 Å². The molecule has 2 N–H and O–H groups in total. The summed E-state index contributed by atoms with van der Waals surface area (Å²) in [5.41, 5.74) is 0.787. The standard InChI is InChI=1S/C25H26F6N6O3S/c1-15-6-7-20(12-16(15)2)41(38,39)37-10-8-18(9-11-37)32-21-34-22(36-23(35-21)40-14-24(26,27)28)33-19-5-3-4-17(13-19)25(29,30)31/h3-7,12-13,18H,8-11,14H2,1-2H3,(H2,32,33,34,35,36). The number of ether oxygens (including phenoxy) is 1. The Morgan fingerprint density at radius 2 is 1.61 bits per heavy atom. The molecule has 41 heavy (non-hydrogen) atoms. The number of sulfonamides is 1. The van der Waals surface area contributed by atoms with Gasteiger partial charge in [0.15, 0.2) is 6.61 Å². The maximum absolute atomic E-state index is 13.1. The predicted molar refractivity (Wildman–Crippen MR) is 137 cm³/mol. The molecule has 0 spiro atoms. The van der Waals surface area contributed by atoms with Crippen molar-refractivity contribution in [3.63, 3.8) is 0 Å². The largest absolute Gasteiger partial charge is 0.454 e. The van der Waals surface area contributed by atoms with Gasteiger partial charge in [0.1, 0.15) is 0 Å².